The third-order valence-electron chi connectivity index (χ3n) is 6.33. The Morgan fingerprint density at radius 3 is 2.44 bits per heavy atom. The SMILES string of the molecule is COc1ccc(C(=O)N2CCC3(CC2)CC(N2CCOCC2)CCO3)cc1. The van der Waals surface area contributed by atoms with E-state index < -0.39 is 0 Å². The van der Waals surface area contributed by atoms with Crippen LogP contribution >= 0.6 is 0 Å². The molecule has 1 aromatic rings. The number of piperidine rings is 1. The molecule has 3 aliphatic rings. The molecule has 3 saturated heterocycles. The van der Waals surface area contributed by atoms with Crippen molar-refractivity contribution in [1.82, 2.24) is 9.80 Å². The molecule has 148 valence electrons. The number of nitrogens with zero attached hydrogens (tertiary/aromatic N) is 2. The summed E-state index contributed by atoms with van der Waals surface area (Å²) in [6.45, 7) is 6.10. The smallest absolute Gasteiger partial charge is 0.253 e. The van der Waals surface area contributed by atoms with Gasteiger partial charge in [-0.15, -0.1) is 0 Å². The lowest BCUT2D eigenvalue weighted by Crippen LogP contribution is -2.55. The number of benzene rings is 1. The summed E-state index contributed by atoms with van der Waals surface area (Å²) >= 11 is 0. The Labute approximate surface area is 161 Å². The number of rotatable bonds is 3. The lowest BCUT2D eigenvalue weighted by Gasteiger charge is -2.49. The van der Waals surface area contributed by atoms with Crippen LogP contribution in [0.2, 0.25) is 0 Å². The first-order valence-electron chi connectivity index (χ1n) is 10.1. The maximum Gasteiger partial charge on any atom is 0.253 e. The van der Waals surface area contributed by atoms with Gasteiger partial charge >= 0.3 is 0 Å². The van der Waals surface area contributed by atoms with E-state index in [0.29, 0.717) is 6.04 Å². The second kappa shape index (κ2) is 8.17. The minimum atomic E-state index is -0.0576. The van der Waals surface area contributed by atoms with Crippen molar-refractivity contribution >= 4 is 5.91 Å². The van der Waals surface area contributed by atoms with Crippen LogP contribution < -0.4 is 4.74 Å². The topological polar surface area (TPSA) is 51.2 Å². The molecular formula is C21H30N2O4. The van der Waals surface area contributed by atoms with E-state index >= 15 is 0 Å². The Morgan fingerprint density at radius 2 is 1.78 bits per heavy atom. The van der Waals surface area contributed by atoms with Crippen molar-refractivity contribution in [2.24, 2.45) is 0 Å². The molecule has 3 heterocycles. The maximum atomic E-state index is 12.8. The van der Waals surface area contributed by atoms with E-state index in [0.717, 1.165) is 83.0 Å². The van der Waals surface area contributed by atoms with Gasteiger partial charge in [0.2, 0.25) is 0 Å². The van der Waals surface area contributed by atoms with Gasteiger partial charge in [0.05, 0.1) is 25.9 Å². The minimum Gasteiger partial charge on any atom is -0.497 e. The molecule has 0 aromatic heterocycles. The van der Waals surface area contributed by atoms with Crippen LogP contribution in [0.5, 0.6) is 5.75 Å². The van der Waals surface area contributed by atoms with E-state index in [-0.39, 0.29) is 11.5 Å². The zero-order valence-corrected chi connectivity index (χ0v) is 16.2. The van der Waals surface area contributed by atoms with Crippen LogP contribution in [0.15, 0.2) is 24.3 Å². The molecule has 0 N–H and O–H groups in total. The molecule has 6 nitrogen and oxygen atoms in total. The van der Waals surface area contributed by atoms with Gasteiger partial charge in [-0.25, -0.2) is 0 Å². The monoisotopic (exact) mass is 374 g/mol. The van der Waals surface area contributed by atoms with Gasteiger partial charge in [0, 0.05) is 44.4 Å². The van der Waals surface area contributed by atoms with Gasteiger partial charge in [-0.2, -0.15) is 0 Å². The fourth-order valence-corrected chi connectivity index (χ4v) is 4.64. The van der Waals surface area contributed by atoms with Crippen molar-refractivity contribution in [3.05, 3.63) is 29.8 Å². The van der Waals surface area contributed by atoms with Crippen molar-refractivity contribution in [3.8, 4) is 5.75 Å². The summed E-state index contributed by atoms with van der Waals surface area (Å²) in [5.74, 6) is 0.877. The van der Waals surface area contributed by atoms with Crippen LogP contribution in [-0.4, -0.2) is 80.5 Å². The van der Waals surface area contributed by atoms with Gasteiger partial charge < -0.3 is 19.1 Å². The van der Waals surface area contributed by atoms with Gasteiger partial charge in [-0.3, -0.25) is 9.69 Å². The van der Waals surface area contributed by atoms with E-state index in [9.17, 15) is 4.79 Å². The molecule has 6 heteroatoms. The molecule has 1 spiro atoms. The minimum absolute atomic E-state index is 0.0576. The van der Waals surface area contributed by atoms with Crippen molar-refractivity contribution in [1.29, 1.82) is 0 Å². The molecule has 1 unspecified atom stereocenters. The van der Waals surface area contributed by atoms with Crippen molar-refractivity contribution in [2.75, 3.05) is 53.1 Å². The predicted molar refractivity (Wildman–Crippen MR) is 102 cm³/mol. The summed E-state index contributed by atoms with van der Waals surface area (Å²) in [6.07, 6.45) is 4.04. The molecule has 1 aromatic carbocycles. The highest BCUT2D eigenvalue weighted by Gasteiger charge is 2.42. The Kier molecular flexibility index (Phi) is 5.66. The number of morpholine rings is 1. The highest BCUT2D eigenvalue weighted by atomic mass is 16.5. The van der Waals surface area contributed by atoms with E-state index in [4.69, 9.17) is 14.2 Å². The number of amides is 1. The van der Waals surface area contributed by atoms with Crippen molar-refractivity contribution in [2.45, 2.75) is 37.3 Å². The number of hydrogen-bond donors (Lipinski definition) is 0. The van der Waals surface area contributed by atoms with Crippen molar-refractivity contribution in [3.63, 3.8) is 0 Å². The summed E-state index contributed by atoms with van der Waals surface area (Å²) in [4.78, 5) is 17.3. The van der Waals surface area contributed by atoms with Crippen LogP contribution in [-0.2, 0) is 9.47 Å². The van der Waals surface area contributed by atoms with Crippen LogP contribution in [0, 0.1) is 0 Å². The van der Waals surface area contributed by atoms with Gasteiger partial charge in [0.25, 0.3) is 5.91 Å². The summed E-state index contributed by atoms with van der Waals surface area (Å²) in [5, 5.41) is 0. The summed E-state index contributed by atoms with van der Waals surface area (Å²) in [6, 6.07) is 7.96. The van der Waals surface area contributed by atoms with Gasteiger partial charge in [0.1, 0.15) is 5.75 Å². The Hall–Kier alpha value is -1.63. The lowest BCUT2D eigenvalue weighted by atomic mass is 9.81. The molecule has 3 fully saturated rings. The standard InChI is InChI=1S/C21H30N2O4/c1-25-19-4-2-17(3-5-19)20(24)23-9-7-21(8-10-23)16-18(6-13-27-21)22-11-14-26-15-12-22/h2-5,18H,6-16H2,1H3. The number of carbonyl (C=O) groups excluding carboxylic acids is 1. The number of carbonyl (C=O) groups is 1. The third-order valence-corrected chi connectivity index (χ3v) is 6.33. The molecular weight excluding hydrogens is 344 g/mol. The second-order valence-corrected chi connectivity index (χ2v) is 7.85. The van der Waals surface area contributed by atoms with Gasteiger partial charge in [-0.1, -0.05) is 0 Å². The normalized spacial score (nSPS) is 26.1. The summed E-state index contributed by atoms with van der Waals surface area (Å²) in [5.41, 5.74) is 0.667. The second-order valence-electron chi connectivity index (χ2n) is 7.85. The molecule has 27 heavy (non-hydrogen) atoms. The number of ether oxygens (including phenoxy) is 3. The van der Waals surface area contributed by atoms with E-state index in [2.05, 4.69) is 4.90 Å². The quantitative estimate of drug-likeness (QED) is 0.812. The largest absolute Gasteiger partial charge is 0.497 e. The fraction of sp³-hybridized carbons (Fsp3) is 0.667. The van der Waals surface area contributed by atoms with E-state index in [1.54, 1.807) is 7.11 Å². The Balaban J connectivity index is 1.35. The molecule has 0 bridgehead atoms. The average molecular weight is 374 g/mol. The van der Waals surface area contributed by atoms with Crippen LogP contribution in [0.3, 0.4) is 0 Å². The molecule has 0 radical (unpaired) electrons. The predicted octanol–water partition coefficient (Wildman–Crippen LogP) is 2.18. The average Bonchev–Trinajstić information content (AvgIpc) is 2.75. The zero-order chi connectivity index (χ0) is 18.7. The van der Waals surface area contributed by atoms with E-state index in [1.165, 1.54) is 0 Å². The molecule has 0 aliphatic carbocycles. The number of methoxy groups -OCH3 is 1. The summed E-state index contributed by atoms with van der Waals surface area (Å²) < 4.78 is 17.0. The van der Waals surface area contributed by atoms with E-state index in [1.807, 2.05) is 29.2 Å². The first-order chi connectivity index (χ1) is 13.2. The van der Waals surface area contributed by atoms with Crippen LogP contribution in [0.4, 0.5) is 0 Å². The highest BCUT2D eigenvalue weighted by molar-refractivity contribution is 5.94. The van der Waals surface area contributed by atoms with Gasteiger partial charge in [-0.05, 0) is 49.9 Å². The maximum absolute atomic E-state index is 12.8. The fourth-order valence-electron chi connectivity index (χ4n) is 4.64. The number of likely N-dealkylation sites (tertiary alicyclic amines) is 1. The molecule has 0 saturated carbocycles. The first-order valence-corrected chi connectivity index (χ1v) is 10.1. The highest BCUT2D eigenvalue weighted by Crippen LogP contribution is 2.37. The lowest BCUT2D eigenvalue weighted by molar-refractivity contribution is -0.136. The van der Waals surface area contributed by atoms with Crippen LogP contribution in [0.25, 0.3) is 0 Å². The third kappa shape index (κ3) is 4.13. The van der Waals surface area contributed by atoms with Gasteiger partial charge in [0.15, 0.2) is 0 Å². The Bertz CT molecular complexity index is 634. The summed E-state index contributed by atoms with van der Waals surface area (Å²) in [7, 11) is 1.63. The van der Waals surface area contributed by atoms with Crippen molar-refractivity contribution < 1.29 is 19.0 Å². The first kappa shape index (κ1) is 18.7. The Morgan fingerprint density at radius 1 is 1.07 bits per heavy atom. The zero-order valence-electron chi connectivity index (χ0n) is 16.2. The molecule has 3 aliphatic heterocycles. The molecule has 1 atom stereocenters. The molecule has 4 rings (SSSR count). The number of hydrogen-bond acceptors (Lipinski definition) is 5. The molecule has 1 amide bonds. The van der Waals surface area contributed by atoms with Crippen LogP contribution in [0.1, 0.15) is 36.0 Å².